The van der Waals surface area contributed by atoms with E-state index in [2.05, 4.69) is 15.5 Å². The van der Waals surface area contributed by atoms with Crippen molar-refractivity contribution in [3.63, 3.8) is 0 Å². The Labute approximate surface area is 103 Å². The Hall–Kier alpha value is -1.69. The molecule has 0 saturated heterocycles. The van der Waals surface area contributed by atoms with Crippen LogP contribution >= 0.6 is 11.8 Å². The fraction of sp³-hybridized carbons (Fsp3) is 0.273. The number of rotatable bonds is 5. The number of carbonyl (C=O) groups is 1. The van der Waals surface area contributed by atoms with Gasteiger partial charge in [-0.15, -0.1) is 5.10 Å². The Morgan fingerprint density at radius 3 is 2.82 bits per heavy atom. The van der Waals surface area contributed by atoms with Gasteiger partial charge in [0.15, 0.2) is 0 Å². The smallest absolute Gasteiger partial charge is 0.214 e. The van der Waals surface area contributed by atoms with Gasteiger partial charge in [-0.05, 0) is 22.6 Å². The number of benzene rings is 1. The summed E-state index contributed by atoms with van der Waals surface area (Å²) in [5.74, 6) is 0.599. The van der Waals surface area contributed by atoms with E-state index in [9.17, 15) is 4.79 Å². The third-order valence-corrected chi connectivity index (χ3v) is 3.18. The fourth-order valence-electron chi connectivity index (χ4n) is 1.25. The van der Waals surface area contributed by atoms with E-state index in [1.165, 1.54) is 11.8 Å². The summed E-state index contributed by atoms with van der Waals surface area (Å²) < 4.78 is 1.63. The van der Waals surface area contributed by atoms with E-state index in [0.717, 1.165) is 5.69 Å². The van der Waals surface area contributed by atoms with Crippen LogP contribution in [0.4, 0.5) is 0 Å². The minimum Gasteiger partial charge on any atom is -0.299 e. The Bertz CT molecular complexity index is 497. The number of tetrazole rings is 1. The van der Waals surface area contributed by atoms with Gasteiger partial charge in [-0.3, -0.25) is 4.79 Å². The summed E-state index contributed by atoms with van der Waals surface area (Å²) >= 11 is 1.36. The first kappa shape index (κ1) is 11.8. The first-order valence-corrected chi connectivity index (χ1v) is 6.28. The molecule has 6 heteroatoms. The molecule has 5 nitrogen and oxygen atoms in total. The monoisotopic (exact) mass is 248 g/mol. The highest BCUT2D eigenvalue weighted by Gasteiger charge is 2.10. The maximum absolute atomic E-state index is 11.3. The predicted molar refractivity (Wildman–Crippen MR) is 65.2 cm³/mol. The summed E-state index contributed by atoms with van der Waals surface area (Å²) in [4.78, 5) is 11.3. The van der Waals surface area contributed by atoms with Crippen LogP contribution in [-0.2, 0) is 4.79 Å². The van der Waals surface area contributed by atoms with E-state index in [1.54, 1.807) is 4.68 Å². The normalized spacial score (nSPS) is 10.4. The number of carbonyl (C=O) groups excluding carboxylic acids is 1. The van der Waals surface area contributed by atoms with Crippen LogP contribution in [0.2, 0.25) is 0 Å². The molecule has 0 amide bonds. The maximum Gasteiger partial charge on any atom is 0.214 e. The van der Waals surface area contributed by atoms with E-state index < -0.39 is 0 Å². The van der Waals surface area contributed by atoms with Gasteiger partial charge in [0, 0.05) is 6.42 Å². The van der Waals surface area contributed by atoms with Crippen LogP contribution in [0.3, 0.4) is 0 Å². The highest BCUT2D eigenvalue weighted by molar-refractivity contribution is 7.99. The number of Topliss-reactive ketones (excluding diaryl/α,β-unsaturated/α-hetero) is 1. The lowest BCUT2D eigenvalue weighted by atomic mass is 10.3. The molecule has 0 unspecified atom stereocenters. The number of thioether (sulfide) groups is 1. The zero-order valence-corrected chi connectivity index (χ0v) is 10.2. The van der Waals surface area contributed by atoms with Gasteiger partial charge in [0.25, 0.3) is 0 Å². The Morgan fingerprint density at radius 1 is 1.35 bits per heavy atom. The number of aromatic nitrogens is 4. The summed E-state index contributed by atoms with van der Waals surface area (Å²) in [6, 6.07) is 9.61. The van der Waals surface area contributed by atoms with Gasteiger partial charge in [-0.1, -0.05) is 36.9 Å². The lowest BCUT2D eigenvalue weighted by molar-refractivity contribution is -0.116. The molecule has 17 heavy (non-hydrogen) atoms. The molecule has 2 aromatic rings. The van der Waals surface area contributed by atoms with Gasteiger partial charge in [0.05, 0.1) is 11.4 Å². The number of nitrogens with zero attached hydrogens (tertiary/aromatic N) is 4. The maximum atomic E-state index is 11.3. The molecule has 0 atom stereocenters. The van der Waals surface area contributed by atoms with Crippen molar-refractivity contribution in [1.82, 2.24) is 20.2 Å². The average Bonchev–Trinajstić information content (AvgIpc) is 2.85. The van der Waals surface area contributed by atoms with Crippen LogP contribution in [-0.4, -0.2) is 31.7 Å². The summed E-state index contributed by atoms with van der Waals surface area (Å²) in [5, 5.41) is 12.1. The standard InChI is InChI=1S/C11H12N4OS/c1-2-10(16)8-17-11-12-13-14-15(11)9-6-4-3-5-7-9/h3-7H,2,8H2,1H3. The molecule has 2 rings (SSSR count). The van der Waals surface area contributed by atoms with Crippen molar-refractivity contribution in [2.45, 2.75) is 18.5 Å². The van der Waals surface area contributed by atoms with Crippen molar-refractivity contribution < 1.29 is 4.79 Å². The molecule has 0 aliphatic heterocycles. The van der Waals surface area contributed by atoms with E-state index in [4.69, 9.17) is 0 Å². The third-order valence-electron chi connectivity index (χ3n) is 2.20. The van der Waals surface area contributed by atoms with E-state index in [-0.39, 0.29) is 5.78 Å². The highest BCUT2D eigenvalue weighted by Crippen LogP contribution is 2.17. The summed E-state index contributed by atoms with van der Waals surface area (Å²) in [7, 11) is 0. The third kappa shape index (κ3) is 2.91. The number of hydrogen-bond acceptors (Lipinski definition) is 5. The molecule has 0 aliphatic rings. The molecule has 0 fully saturated rings. The van der Waals surface area contributed by atoms with Crippen molar-refractivity contribution in [2.24, 2.45) is 0 Å². The number of hydrogen-bond donors (Lipinski definition) is 0. The zero-order chi connectivity index (χ0) is 12.1. The molecule has 1 heterocycles. The molecule has 0 aliphatic carbocycles. The second kappa shape index (κ2) is 5.58. The largest absolute Gasteiger partial charge is 0.299 e. The Kier molecular flexibility index (Phi) is 3.87. The molecule has 0 radical (unpaired) electrons. The summed E-state index contributed by atoms with van der Waals surface area (Å²) in [6.07, 6.45) is 0.542. The van der Waals surface area contributed by atoms with Gasteiger partial charge in [0.1, 0.15) is 5.78 Å². The quantitative estimate of drug-likeness (QED) is 0.754. The van der Waals surface area contributed by atoms with Crippen LogP contribution in [0.1, 0.15) is 13.3 Å². The van der Waals surface area contributed by atoms with Crippen molar-refractivity contribution >= 4 is 17.5 Å². The molecule has 88 valence electrons. The molecule has 0 bridgehead atoms. The Morgan fingerprint density at radius 2 is 2.12 bits per heavy atom. The van der Waals surface area contributed by atoms with Crippen molar-refractivity contribution in [1.29, 1.82) is 0 Å². The minimum atomic E-state index is 0.192. The van der Waals surface area contributed by atoms with Crippen LogP contribution in [0.15, 0.2) is 35.5 Å². The van der Waals surface area contributed by atoms with Gasteiger partial charge >= 0.3 is 0 Å². The lowest BCUT2D eigenvalue weighted by Gasteiger charge is -2.02. The van der Waals surface area contributed by atoms with Crippen molar-refractivity contribution in [3.8, 4) is 5.69 Å². The van der Waals surface area contributed by atoms with Gasteiger partial charge < -0.3 is 0 Å². The van der Waals surface area contributed by atoms with Gasteiger partial charge in [0.2, 0.25) is 5.16 Å². The summed E-state index contributed by atoms with van der Waals surface area (Å²) in [5.41, 5.74) is 0.893. The zero-order valence-electron chi connectivity index (χ0n) is 9.41. The van der Waals surface area contributed by atoms with Gasteiger partial charge in [-0.2, -0.15) is 4.68 Å². The first-order valence-electron chi connectivity index (χ1n) is 5.29. The van der Waals surface area contributed by atoms with Crippen LogP contribution < -0.4 is 0 Å². The SMILES string of the molecule is CCC(=O)CSc1nnnn1-c1ccccc1. The molecule has 0 N–H and O–H groups in total. The number of para-hydroxylation sites is 1. The topological polar surface area (TPSA) is 60.7 Å². The van der Waals surface area contributed by atoms with Crippen LogP contribution in [0.25, 0.3) is 5.69 Å². The molecule has 0 spiro atoms. The molecule has 1 aromatic heterocycles. The first-order chi connectivity index (χ1) is 8.31. The second-order valence-corrected chi connectivity index (χ2v) is 4.33. The Balaban J connectivity index is 2.15. The van der Waals surface area contributed by atoms with Crippen LogP contribution in [0.5, 0.6) is 0 Å². The lowest BCUT2D eigenvalue weighted by Crippen LogP contribution is -2.02. The fourth-order valence-corrected chi connectivity index (χ4v) is 2.10. The molecule has 0 saturated carbocycles. The summed E-state index contributed by atoms with van der Waals surface area (Å²) in [6.45, 7) is 1.85. The molecular formula is C11H12N4OS. The highest BCUT2D eigenvalue weighted by atomic mass is 32.2. The second-order valence-electron chi connectivity index (χ2n) is 3.39. The van der Waals surface area contributed by atoms with E-state index >= 15 is 0 Å². The van der Waals surface area contributed by atoms with E-state index in [1.807, 2.05) is 37.3 Å². The van der Waals surface area contributed by atoms with Gasteiger partial charge in [-0.25, -0.2) is 0 Å². The van der Waals surface area contributed by atoms with Crippen molar-refractivity contribution in [2.75, 3.05) is 5.75 Å². The van der Waals surface area contributed by atoms with Crippen molar-refractivity contribution in [3.05, 3.63) is 30.3 Å². The van der Waals surface area contributed by atoms with E-state index in [0.29, 0.717) is 17.3 Å². The average molecular weight is 248 g/mol. The minimum absolute atomic E-state index is 0.192. The predicted octanol–water partition coefficient (Wildman–Crippen LogP) is 1.73. The molecular weight excluding hydrogens is 236 g/mol. The molecule has 1 aromatic carbocycles. The number of ketones is 1. The van der Waals surface area contributed by atoms with Crippen LogP contribution in [0, 0.1) is 0 Å².